The highest BCUT2D eigenvalue weighted by Gasteiger charge is 2.46. The number of hydrogen-bond donors (Lipinski definition) is 2. The van der Waals surface area contributed by atoms with Crippen LogP contribution in [0.2, 0.25) is 5.02 Å². The maximum absolute atomic E-state index is 12.4. The summed E-state index contributed by atoms with van der Waals surface area (Å²) in [7, 11) is 0. The Morgan fingerprint density at radius 1 is 1.38 bits per heavy atom. The zero-order chi connectivity index (χ0) is 15.5. The van der Waals surface area contributed by atoms with Crippen molar-refractivity contribution in [3.05, 3.63) is 34.9 Å². The molecule has 2 rings (SSSR count). The molecule has 1 aromatic carbocycles. The molecule has 0 heterocycles. The van der Waals surface area contributed by atoms with Gasteiger partial charge in [0.15, 0.2) is 5.78 Å². The van der Waals surface area contributed by atoms with Crippen LogP contribution in [-0.2, 0) is 10.3 Å². The van der Waals surface area contributed by atoms with E-state index in [9.17, 15) is 9.90 Å². The first-order valence-electron chi connectivity index (χ1n) is 7.75. The summed E-state index contributed by atoms with van der Waals surface area (Å²) < 4.78 is 0. The second-order valence-corrected chi connectivity index (χ2v) is 6.54. The molecular formula is C17H24ClNO2. The summed E-state index contributed by atoms with van der Waals surface area (Å²) in [5, 5.41) is 10.6. The Bertz CT molecular complexity index is 505. The minimum Gasteiger partial charge on any atom is -0.385 e. The average Bonchev–Trinajstić information content (AvgIpc) is 2.45. The van der Waals surface area contributed by atoms with Gasteiger partial charge in [-0.15, -0.1) is 0 Å². The van der Waals surface area contributed by atoms with E-state index in [1.165, 1.54) is 6.42 Å². The third kappa shape index (κ3) is 3.47. The lowest BCUT2D eigenvalue weighted by atomic mass is 9.69. The Balaban J connectivity index is 2.23. The molecule has 0 radical (unpaired) electrons. The molecule has 0 aliphatic heterocycles. The van der Waals surface area contributed by atoms with Gasteiger partial charge in [0.1, 0.15) is 11.6 Å². The molecule has 116 valence electrons. The topological polar surface area (TPSA) is 63.3 Å². The minimum absolute atomic E-state index is 0.269. The van der Waals surface area contributed by atoms with Crippen molar-refractivity contribution in [2.75, 3.05) is 0 Å². The number of unbranched alkanes of at least 4 members (excludes halogenated alkanes) is 2. The number of nitrogens with two attached hydrogens (primary N) is 1. The Kier molecular flexibility index (Phi) is 5.42. The highest BCUT2D eigenvalue weighted by Crippen LogP contribution is 2.40. The Morgan fingerprint density at radius 3 is 2.76 bits per heavy atom. The molecule has 3 nitrogen and oxygen atoms in total. The van der Waals surface area contributed by atoms with Crippen LogP contribution in [0.5, 0.6) is 0 Å². The van der Waals surface area contributed by atoms with Crippen molar-refractivity contribution in [2.45, 2.75) is 57.1 Å². The normalized spacial score (nSPS) is 29.6. The zero-order valence-electron chi connectivity index (χ0n) is 12.5. The Labute approximate surface area is 131 Å². The number of ketones is 1. The van der Waals surface area contributed by atoms with Gasteiger partial charge in [-0.1, -0.05) is 62.4 Å². The Morgan fingerprint density at radius 2 is 2.10 bits per heavy atom. The van der Waals surface area contributed by atoms with E-state index in [1.54, 1.807) is 12.1 Å². The highest BCUT2D eigenvalue weighted by molar-refractivity contribution is 6.31. The van der Waals surface area contributed by atoms with E-state index < -0.39 is 11.6 Å². The molecule has 1 aliphatic carbocycles. The summed E-state index contributed by atoms with van der Waals surface area (Å²) in [6, 6.07) is 7.18. The van der Waals surface area contributed by atoms with Gasteiger partial charge in [0, 0.05) is 5.02 Å². The van der Waals surface area contributed by atoms with E-state index >= 15 is 0 Å². The van der Waals surface area contributed by atoms with Crippen molar-refractivity contribution in [1.82, 2.24) is 0 Å². The number of hydrogen-bond acceptors (Lipinski definition) is 3. The molecule has 0 spiro atoms. The molecule has 1 aromatic rings. The van der Waals surface area contributed by atoms with Crippen LogP contribution in [0.15, 0.2) is 24.3 Å². The summed E-state index contributed by atoms with van der Waals surface area (Å²) in [5.74, 6) is -0.0344. The number of carbonyl (C=O) groups excluding carboxylic acids is 1. The lowest BCUT2D eigenvalue weighted by molar-refractivity contribution is -0.138. The predicted molar refractivity (Wildman–Crippen MR) is 85.2 cm³/mol. The summed E-state index contributed by atoms with van der Waals surface area (Å²) in [6.07, 6.45) is 4.55. The first kappa shape index (κ1) is 16.5. The fraction of sp³-hybridized carbons (Fsp3) is 0.588. The van der Waals surface area contributed by atoms with Crippen molar-refractivity contribution in [2.24, 2.45) is 11.7 Å². The average molecular weight is 310 g/mol. The molecule has 1 aliphatic rings. The molecular weight excluding hydrogens is 286 g/mol. The molecule has 0 amide bonds. The van der Waals surface area contributed by atoms with E-state index in [0.29, 0.717) is 23.4 Å². The van der Waals surface area contributed by atoms with Crippen molar-refractivity contribution in [3.8, 4) is 0 Å². The van der Waals surface area contributed by atoms with Crippen LogP contribution < -0.4 is 5.73 Å². The number of carbonyl (C=O) groups is 1. The smallest absolute Gasteiger partial charge is 0.185 e. The number of aliphatic hydroxyl groups excluding tert-OH is 1. The van der Waals surface area contributed by atoms with Gasteiger partial charge < -0.3 is 10.8 Å². The monoisotopic (exact) mass is 309 g/mol. The third-order valence-electron chi connectivity index (χ3n) is 4.48. The van der Waals surface area contributed by atoms with E-state index in [-0.39, 0.29) is 11.7 Å². The second-order valence-electron chi connectivity index (χ2n) is 6.13. The molecule has 0 bridgehead atoms. The Hall–Kier alpha value is -0.900. The van der Waals surface area contributed by atoms with Crippen molar-refractivity contribution >= 4 is 17.4 Å². The number of aliphatic hydroxyl groups is 1. The predicted octanol–water partition coefficient (Wildman–Crippen LogP) is 3.41. The number of benzene rings is 1. The molecule has 0 saturated heterocycles. The highest BCUT2D eigenvalue weighted by atomic mass is 35.5. The van der Waals surface area contributed by atoms with E-state index in [0.717, 1.165) is 19.3 Å². The molecule has 3 N–H and O–H groups in total. The molecule has 3 atom stereocenters. The summed E-state index contributed by atoms with van der Waals surface area (Å²) >= 11 is 6.22. The SMILES string of the molecule is CCCCC[C@H]1C[C@@H](O)C(=O)[C@](N)(c2ccccc2Cl)C1. The van der Waals surface area contributed by atoms with Crippen molar-refractivity contribution in [3.63, 3.8) is 0 Å². The maximum Gasteiger partial charge on any atom is 0.185 e. The van der Waals surface area contributed by atoms with Gasteiger partial charge in [-0.05, 0) is 30.4 Å². The number of halogens is 1. The van der Waals surface area contributed by atoms with Gasteiger partial charge in [-0.2, -0.15) is 0 Å². The molecule has 21 heavy (non-hydrogen) atoms. The molecule has 4 heteroatoms. The van der Waals surface area contributed by atoms with E-state index in [4.69, 9.17) is 17.3 Å². The standard InChI is InChI=1S/C17H24ClNO2/c1-2-3-4-7-12-10-15(20)16(21)17(19,11-12)13-8-5-6-9-14(13)18/h5-6,8-9,12,15,20H,2-4,7,10-11,19H2,1H3/t12-,15+,17+/m0/s1. The maximum atomic E-state index is 12.4. The first-order chi connectivity index (χ1) is 9.99. The number of rotatable bonds is 5. The second kappa shape index (κ2) is 6.91. The number of Topliss-reactive ketones (excluding diaryl/α,β-unsaturated/α-hetero) is 1. The van der Waals surface area contributed by atoms with Gasteiger partial charge in [0.05, 0.1) is 0 Å². The molecule has 0 unspecified atom stereocenters. The largest absolute Gasteiger partial charge is 0.385 e. The van der Waals surface area contributed by atoms with Crippen LogP contribution in [-0.4, -0.2) is 17.0 Å². The van der Waals surface area contributed by atoms with Crippen LogP contribution in [0.1, 0.15) is 51.0 Å². The van der Waals surface area contributed by atoms with Gasteiger partial charge >= 0.3 is 0 Å². The van der Waals surface area contributed by atoms with Crippen LogP contribution >= 0.6 is 11.6 Å². The molecule has 1 fully saturated rings. The van der Waals surface area contributed by atoms with Crippen molar-refractivity contribution < 1.29 is 9.90 Å². The fourth-order valence-corrected chi connectivity index (χ4v) is 3.63. The van der Waals surface area contributed by atoms with Gasteiger partial charge in [0.2, 0.25) is 0 Å². The van der Waals surface area contributed by atoms with Gasteiger partial charge in [-0.3, -0.25) is 4.79 Å². The van der Waals surface area contributed by atoms with E-state index in [2.05, 4.69) is 6.92 Å². The van der Waals surface area contributed by atoms with Gasteiger partial charge in [-0.25, -0.2) is 0 Å². The minimum atomic E-state index is -1.16. The summed E-state index contributed by atoms with van der Waals surface area (Å²) in [4.78, 5) is 12.4. The lowest BCUT2D eigenvalue weighted by Gasteiger charge is -2.39. The first-order valence-corrected chi connectivity index (χ1v) is 8.13. The fourth-order valence-electron chi connectivity index (χ4n) is 3.33. The summed E-state index contributed by atoms with van der Waals surface area (Å²) in [6.45, 7) is 2.16. The molecule has 1 saturated carbocycles. The van der Waals surface area contributed by atoms with Crippen LogP contribution in [0.25, 0.3) is 0 Å². The summed E-state index contributed by atoms with van der Waals surface area (Å²) in [5.41, 5.74) is 5.89. The van der Waals surface area contributed by atoms with Crippen LogP contribution in [0.4, 0.5) is 0 Å². The zero-order valence-corrected chi connectivity index (χ0v) is 13.3. The van der Waals surface area contributed by atoms with E-state index in [1.807, 2.05) is 12.1 Å². The third-order valence-corrected chi connectivity index (χ3v) is 4.81. The van der Waals surface area contributed by atoms with Gasteiger partial charge in [0.25, 0.3) is 0 Å². The van der Waals surface area contributed by atoms with Crippen LogP contribution in [0, 0.1) is 5.92 Å². The lowest BCUT2D eigenvalue weighted by Crippen LogP contribution is -2.55. The quantitative estimate of drug-likeness (QED) is 0.819. The molecule has 0 aromatic heterocycles. The van der Waals surface area contributed by atoms with Crippen LogP contribution in [0.3, 0.4) is 0 Å². The van der Waals surface area contributed by atoms with Crippen molar-refractivity contribution in [1.29, 1.82) is 0 Å².